The van der Waals surface area contributed by atoms with Crippen molar-refractivity contribution in [2.75, 3.05) is 18.1 Å². The van der Waals surface area contributed by atoms with Crippen molar-refractivity contribution in [2.24, 2.45) is 5.73 Å². The molecule has 0 bridgehead atoms. The molecule has 2 aromatic rings. The maximum Gasteiger partial charge on any atom is 0.132 e. The molecule has 5 heteroatoms. The van der Waals surface area contributed by atoms with Gasteiger partial charge in [0.1, 0.15) is 5.82 Å². The second-order valence-electron chi connectivity index (χ2n) is 4.61. The highest BCUT2D eigenvalue weighted by atomic mass is 35.5. The van der Waals surface area contributed by atoms with Gasteiger partial charge in [-0.05, 0) is 30.5 Å². The monoisotopic (exact) mass is 274 g/mol. The van der Waals surface area contributed by atoms with Crippen molar-refractivity contribution in [1.29, 1.82) is 0 Å². The predicted octanol–water partition coefficient (Wildman–Crippen LogP) is 2.47. The fourth-order valence-electron chi connectivity index (χ4n) is 2.45. The normalized spacial score (nSPS) is 14.3. The SMILES string of the molecule is NCN1CCCc2cc(-c3cnccc3Cl)cnc21. The van der Waals surface area contributed by atoms with Crippen LogP contribution in [0.5, 0.6) is 0 Å². The standard InChI is InChI=1S/C14H15ClN4/c15-13-3-4-17-8-12(13)11-6-10-2-1-5-19(9-16)14(10)18-7-11/h3-4,6-8H,1-2,5,9,16H2. The summed E-state index contributed by atoms with van der Waals surface area (Å²) in [6.45, 7) is 1.48. The Bertz CT molecular complexity index is 600. The summed E-state index contributed by atoms with van der Waals surface area (Å²) in [5.41, 5.74) is 8.91. The van der Waals surface area contributed by atoms with Crippen molar-refractivity contribution < 1.29 is 0 Å². The number of halogens is 1. The Balaban J connectivity index is 2.05. The van der Waals surface area contributed by atoms with Crippen LogP contribution >= 0.6 is 11.6 Å². The Morgan fingerprint density at radius 3 is 3.05 bits per heavy atom. The van der Waals surface area contributed by atoms with Crippen LogP contribution in [0.4, 0.5) is 5.82 Å². The third-order valence-electron chi connectivity index (χ3n) is 3.42. The van der Waals surface area contributed by atoms with Crippen molar-refractivity contribution in [2.45, 2.75) is 12.8 Å². The van der Waals surface area contributed by atoms with Gasteiger partial charge in [0.25, 0.3) is 0 Å². The van der Waals surface area contributed by atoms with Crippen LogP contribution in [0.15, 0.2) is 30.7 Å². The molecule has 3 rings (SSSR count). The number of nitrogens with two attached hydrogens (primary N) is 1. The summed E-state index contributed by atoms with van der Waals surface area (Å²) in [6, 6.07) is 3.94. The topological polar surface area (TPSA) is 55.0 Å². The predicted molar refractivity (Wildman–Crippen MR) is 77.2 cm³/mol. The van der Waals surface area contributed by atoms with Gasteiger partial charge in [-0.25, -0.2) is 4.98 Å². The number of hydrogen-bond donors (Lipinski definition) is 1. The van der Waals surface area contributed by atoms with Gasteiger partial charge in [0, 0.05) is 36.3 Å². The molecule has 0 aromatic carbocycles. The van der Waals surface area contributed by atoms with Crippen LogP contribution in [-0.2, 0) is 6.42 Å². The highest BCUT2D eigenvalue weighted by Gasteiger charge is 2.18. The van der Waals surface area contributed by atoms with Crippen molar-refractivity contribution in [3.8, 4) is 11.1 Å². The highest BCUT2D eigenvalue weighted by Crippen LogP contribution is 2.31. The minimum atomic E-state index is 0.507. The third-order valence-corrected chi connectivity index (χ3v) is 3.75. The molecule has 0 atom stereocenters. The van der Waals surface area contributed by atoms with Crippen LogP contribution in [0, 0.1) is 0 Å². The lowest BCUT2D eigenvalue weighted by Crippen LogP contribution is -2.35. The first kappa shape index (κ1) is 12.4. The Morgan fingerprint density at radius 1 is 1.37 bits per heavy atom. The Morgan fingerprint density at radius 2 is 2.26 bits per heavy atom. The summed E-state index contributed by atoms with van der Waals surface area (Å²) in [6.07, 6.45) is 7.44. The largest absolute Gasteiger partial charge is 0.344 e. The molecule has 0 amide bonds. The van der Waals surface area contributed by atoms with Crippen molar-refractivity contribution in [3.05, 3.63) is 41.3 Å². The van der Waals surface area contributed by atoms with Gasteiger partial charge in [0.15, 0.2) is 0 Å². The molecule has 1 aliphatic heterocycles. The van der Waals surface area contributed by atoms with Crippen LogP contribution in [-0.4, -0.2) is 23.2 Å². The molecule has 98 valence electrons. The van der Waals surface area contributed by atoms with E-state index in [0.29, 0.717) is 11.7 Å². The number of hydrogen-bond acceptors (Lipinski definition) is 4. The van der Waals surface area contributed by atoms with Crippen LogP contribution in [0.2, 0.25) is 5.02 Å². The van der Waals surface area contributed by atoms with E-state index in [1.165, 1.54) is 5.56 Å². The molecule has 0 saturated heterocycles. The number of nitrogens with zero attached hydrogens (tertiary/aromatic N) is 3. The van der Waals surface area contributed by atoms with E-state index in [1.807, 2.05) is 6.20 Å². The number of fused-ring (bicyclic) bond motifs is 1. The zero-order valence-corrected chi connectivity index (χ0v) is 11.3. The summed E-state index contributed by atoms with van der Waals surface area (Å²) in [7, 11) is 0. The molecule has 4 nitrogen and oxygen atoms in total. The van der Waals surface area contributed by atoms with Gasteiger partial charge < -0.3 is 10.6 Å². The number of aryl methyl sites for hydroxylation is 1. The van der Waals surface area contributed by atoms with Crippen molar-refractivity contribution >= 4 is 17.4 Å². The molecule has 0 saturated carbocycles. The quantitative estimate of drug-likeness (QED) is 0.914. The molecule has 0 unspecified atom stereocenters. The Labute approximate surface area is 117 Å². The van der Waals surface area contributed by atoms with Crippen molar-refractivity contribution in [1.82, 2.24) is 9.97 Å². The highest BCUT2D eigenvalue weighted by molar-refractivity contribution is 6.33. The van der Waals surface area contributed by atoms with E-state index in [1.54, 1.807) is 18.5 Å². The van der Waals surface area contributed by atoms with Crippen LogP contribution in [0.3, 0.4) is 0 Å². The van der Waals surface area contributed by atoms with Gasteiger partial charge in [-0.1, -0.05) is 11.6 Å². The molecule has 0 radical (unpaired) electrons. The van der Waals surface area contributed by atoms with Crippen LogP contribution in [0.1, 0.15) is 12.0 Å². The molecule has 3 heterocycles. The molecule has 2 aromatic heterocycles. The Hall–Kier alpha value is -1.65. The smallest absolute Gasteiger partial charge is 0.132 e. The lowest BCUT2D eigenvalue weighted by atomic mass is 10.0. The lowest BCUT2D eigenvalue weighted by Gasteiger charge is -2.28. The molecule has 1 aliphatic rings. The summed E-state index contributed by atoms with van der Waals surface area (Å²) >= 11 is 6.20. The second-order valence-corrected chi connectivity index (χ2v) is 5.02. The molecule has 2 N–H and O–H groups in total. The van der Waals surface area contributed by atoms with Gasteiger partial charge in [-0.15, -0.1) is 0 Å². The van der Waals surface area contributed by atoms with E-state index in [-0.39, 0.29) is 0 Å². The molecule has 19 heavy (non-hydrogen) atoms. The summed E-state index contributed by atoms with van der Waals surface area (Å²) in [4.78, 5) is 10.8. The van der Waals surface area contributed by atoms with E-state index in [4.69, 9.17) is 17.3 Å². The zero-order chi connectivity index (χ0) is 13.2. The maximum atomic E-state index is 6.20. The summed E-state index contributed by atoms with van der Waals surface area (Å²) in [5, 5.41) is 0.697. The number of aromatic nitrogens is 2. The number of anilines is 1. The number of rotatable bonds is 2. The fraction of sp³-hybridized carbons (Fsp3) is 0.286. The summed E-state index contributed by atoms with van der Waals surface area (Å²) in [5.74, 6) is 0.998. The van der Waals surface area contributed by atoms with Gasteiger partial charge in [-0.3, -0.25) is 4.98 Å². The molecular weight excluding hydrogens is 260 g/mol. The van der Waals surface area contributed by atoms with E-state index in [2.05, 4.69) is 20.9 Å². The van der Waals surface area contributed by atoms with Gasteiger partial charge >= 0.3 is 0 Å². The minimum absolute atomic E-state index is 0.507. The first-order valence-corrected chi connectivity index (χ1v) is 6.71. The summed E-state index contributed by atoms with van der Waals surface area (Å²) < 4.78 is 0. The van der Waals surface area contributed by atoms with E-state index in [0.717, 1.165) is 36.3 Å². The average Bonchev–Trinajstić information content (AvgIpc) is 2.46. The second kappa shape index (κ2) is 5.15. The van der Waals surface area contributed by atoms with Crippen molar-refractivity contribution in [3.63, 3.8) is 0 Å². The Kier molecular flexibility index (Phi) is 3.36. The van der Waals surface area contributed by atoms with E-state index < -0.39 is 0 Å². The first-order chi connectivity index (χ1) is 9.29. The first-order valence-electron chi connectivity index (χ1n) is 6.33. The lowest BCUT2D eigenvalue weighted by molar-refractivity contribution is 0.686. The number of pyridine rings is 2. The molecular formula is C14H15ClN4. The zero-order valence-electron chi connectivity index (χ0n) is 10.5. The minimum Gasteiger partial charge on any atom is -0.344 e. The van der Waals surface area contributed by atoms with Crippen LogP contribution in [0.25, 0.3) is 11.1 Å². The maximum absolute atomic E-state index is 6.20. The average molecular weight is 275 g/mol. The molecule has 0 fully saturated rings. The van der Waals surface area contributed by atoms with Gasteiger partial charge in [0.2, 0.25) is 0 Å². The van der Waals surface area contributed by atoms with Gasteiger partial charge in [-0.2, -0.15) is 0 Å². The van der Waals surface area contributed by atoms with E-state index >= 15 is 0 Å². The van der Waals surface area contributed by atoms with Crippen LogP contribution < -0.4 is 10.6 Å². The fourth-order valence-corrected chi connectivity index (χ4v) is 2.67. The molecule has 0 aliphatic carbocycles. The third kappa shape index (κ3) is 2.29. The van der Waals surface area contributed by atoms with E-state index in [9.17, 15) is 0 Å². The molecule has 0 spiro atoms. The van der Waals surface area contributed by atoms with Gasteiger partial charge in [0.05, 0.1) is 11.7 Å².